The van der Waals surface area contributed by atoms with Crippen LogP contribution in [0.25, 0.3) is 0 Å². The van der Waals surface area contributed by atoms with Crippen molar-refractivity contribution in [1.82, 2.24) is 5.32 Å². The van der Waals surface area contributed by atoms with Crippen molar-refractivity contribution in [1.29, 1.82) is 0 Å². The summed E-state index contributed by atoms with van der Waals surface area (Å²) in [4.78, 5) is 12.0. The monoisotopic (exact) mass is 299 g/mol. The molecule has 4 nitrogen and oxygen atoms in total. The Bertz CT molecular complexity index is 640. The van der Waals surface area contributed by atoms with Gasteiger partial charge in [0.25, 0.3) is 5.91 Å². The first-order valence-corrected chi connectivity index (χ1v) is 7.27. The fourth-order valence-electron chi connectivity index (χ4n) is 2.06. The highest BCUT2D eigenvalue weighted by molar-refractivity contribution is 5.94. The van der Waals surface area contributed by atoms with E-state index in [1.807, 2.05) is 56.3 Å². The van der Waals surface area contributed by atoms with E-state index in [9.17, 15) is 9.90 Å². The SMILES string of the molecule is Cc1cccc(C(=O)NCC(O)COc2ccccc2C)c1. The van der Waals surface area contributed by atoms with E-state index in [0.29, 0.717) is 5.56 Å². The summed E-state index contributed by atoms with van der Waals surface area (Å²) in [5.74, 6) is 0.546. The van der Waals surface area contributed by atoms with Crippen LogP contribution >= 0.6 is 0 Å². The van der Waals surface area contributed by atoms with Crippen LogP contribution in [0.5, 0.6) is 5.75 Å². The van der Waals surface area contributed by atoms with Gasteiger partial charge in [-0.3, -0.25) is 4.79 Å². The summed E-state index contributed by atoms with van der Waals surface area (Å²) in [7, 11) is 0. The highest BCUT2D eigenvalue weighted by Crippen LogP contribution is 2.16. The number of carbonyl (C=O) groups excluding carboxylic acids is 1. The third-order valence-electron chi connectivity index (χ3n) is 3.30. The number of aliphatic hydroxyl groups is 1. The Morgan fingerprint density at radius 1 is 1.18 bits per heavy atom. The van der Waals surface area contributed by atoms with E-state index in [2.05, 4.69) is 5.32 Å². The number of aliphatic hydroxyl groups excluding tert-OH is 1. The quantitative estimate of drug-likeness (QED) is 0.861. The molecule has 0 aliphatic carbocycles. The lowest BCUT2D eigenvalue weighted by Crippen LogP contribution is -2.35. The number of hydrogen-bond donors (Lipinski definition) is 2. The van der Waals surface area contributed by atoms with E-state index >= 15 is 0 Å². The summed E-state index contributed by atoms with van der Waals surface area (Å²) in [6, 6.07) is 14.9. The van der Waals surface area contributed by atoms with Gasteiger partial charge in [0.05, 0.1) is 0 Å². The number of nitrogens with one attached hydrogen (secondary N) is 1. The molecule has 0 saturated heterocycles. The van der Waals surface area contributed by atoms with Gasteiger partial charge in [-0.1, -0.05) is 35.9 Å². The lowest BCUT2D eigenvalue weighted by molar-refractivity contribution is 0.0842. The maximum absolute atomic E-state index is 12.0. The molecule has 116 valence electrons. The second-order valence-corrected chi connectivity index (χ2v) is 5.31. The van der Waals surface area contributed by atoms with Gasteiger partial charge in [0.1, 0.15) is 18.5 Å². The number of ether oxygens (including phenoxy) is 1. The van der Waals surface area contributed by atoms with Crippen LogP contribution in [0, 0.1) is 13.8 Å². The molecule has 0 fully saturated rings. The number of amides is 1. The van der Waals surface area contributed by atoms with Gasteiger partial charge in [-0.05, 0) is 37.6 Å². The fraction of sp³-hybridized carbons (Fsp3) is 0.278. The van der Waals surface area contributed by atoms with Gasteiger partial charge in [-0.25, -0.2) is 0 Å². The van der Waals surface area contributed by atoms with Crippen LogP contribution in [0.3, 0.4) is 0 Å². The van der Waals surface area contributed by atoms with Crippen molar-refractivity contribution in [2.45, 2.75) is 20.0 Å². The van der Waals surface area contributed by atoms with Gasteiger partial charge in [0, 0.05) is 12.1 Å². The number of rotatable bonds is 6. The third kappa shape index (κ3) is 4.60. The minimum absolute atomic E-state index is 0.138. The maximum Gasteiger partial charge on any atom is 0.251 e. The molecule has 0 aliphatic rings. The van der Waals surface area contributed by atoms with E-state index in [4.69, 9.17) is 4.74 Å². The molecule has 4 heteroatoms. The predicted molar refractivity (Wildman–Crippen MR) is 86.2 cm³/mol. The molecule has 0 saturated carbocycles. The molecule has 22 heavy (non-hydrogen) atoms. The van der Waals surface area contributed by atoms with Crippen LogP contribution in [0.4, 0.5) is 0 Å². The Morgan fingerprint density at radius 3 is 2.68 bits per heavy atom. The summed E-state index contributed by atoms with van der Waals surface area (Å²) in [6.07, 6.45) is -0.756. The minimum atomic E-state index is -0.756. The zero-order chi connectivity index (χ0) is 15.9. The average Bonchev–Trinajstić information content (AvgIpc) is 2.52. The molecule has 0 heterocycles. The van der Waals surface area contributed by atoms with Gasteiger partial charge in [-0.2, -0.15) is 0 Å². The van der Waals surface area contributed by atoms with Gasteiger partial charge in [-0.15, -0.1) is 0 Å². The van der Waals surface area contributed by atoms with Gasteiger partial charge >= 0.3 is 0 Å². The molecule has 0 aromatic heterocycles. The van der Waals surface area contributed by atoms with Crippen molar-refractivity contribution in [3.8, 4) is 5.75 Å². The molecule has 0 bridgehead atoms. The van der Waals surface area contributed by atoms with E-state index < -0.39 is 6.10 Å². The molecule has 2 aromatic rings. The number of hydrogen-bond acceptors (Lipinski definition) is 3. The van der Waals surface area contributed by atoms with Crippen LogP contribution in [0.2, 0.25) is 0 Å². The van der Waals surface area contributed by atoms with E-state index in [0.717, 1.165) is 16.9 Å². The first kappa shape index (κ1) is 16.0. The number of carbonyl (C=O) groups is 1. The van der Waals surface area contributed by atoms with Crippen molar-refractivity contribution in [2.75, 3.05) is 13.2 Å². The van der Waals surface area contributed by atoms with E-state index in [1.165, 1.54) is 0 Å². The zero-order valence-electron chi connectivity index (χ0n) is 12.9. The normalized spacial score (nSPS) is 11.8. The average molecular weight is 299 g/mol. The summed E-state index contributed by atoms with van der Waals surface area (Å²) < 4.78 is 5.55. The lowest BCUT2D eigenvalue weighted by Gasteiger charge is -2.14. The van der Waals surface area contributed by atoms with Crippen LogP contribution in [0.15, 0.2) is 48.5 Å². The first-order chi connectivity index (χ1) is 10.6. The number of aryl methyl sites for hydroxylation is 2. The van der Waals surface area contributed by atoms with Gasteiger partial charge in [0.2, 0.25) is 0 Å². The second kappa shape index (κ2) is 7.61. The highest BCUT2D eigenvalue weighted by atomic mass is 16.5. The van der Waals surface area contributed by atoms with E-state index in [1.54, 1.807) is 6.07 Å². The second-order valence-electron chi connectivity index (χ2n) is 5.31. The van der Waals surface area contributed by atoms with E-state index in [-0.39, 0.29) is 19.1 Å². The van der Waals surface area contributed by atoms with Crippen LogP contribution in [-0.2, 0) is 0 Å². The van der Waals surface area contributed by atoms with Crippen LogP contribution in [0.1, 0.15) is 21.5 Å². The fourth-order valence-corrected chi connectivity index (χ4v) is 2.06. The Hall–Kier alpha value is -2.33. The molecule has 0 spiro atoms. The summed E-state index contributed by atoms with van der Waals surface area (Å²) in [6.45, 7) is 4.17. The molecule has 2 N–H and O–H groups in total. The van der Waals surface area contributed by atoms with Crippen LogP contribution in [-0.4, -0.2) is 30.3 Å². The summed E-state index contributed by atoms with van der Waals surface area (Å²) in [5.41, 5.74) is 2.63. The Balaban J connectivity index is 1.79. The molecule has 2 aromatic carbocycles. The van der Waals surface area contributed by atoms with Crippen molar-refractivity contribution in [3.05, 3.63) is 65.2 Å². The Kier molecular flexibility index (Phi) is 5.55. The molecule has 1 atom stereocenters. The van der Waals surface area contributed by atoms with Gasteiger partial charge < -0.3 is 15.2 Å². The Labute approximate surface area is 130 Å². The minimum Gasteiger partial charge on any atom is -0.491 e. The van der Waals surface area contributed by atoms with Crippen molar-refractivity contribution in [3.63, 3.8) is 0 Å². The first-order valence-electron chi connectivity index (χ1n) is 7.27. The maximum atomic E-state index is 12.0. The molecular formula is C18H21NO3. The molecule has 0 aliphatic heterocycles. The van der Waals surface area contributed by atoms with Crippen molar-refractivity contribution in [2.24, 2.45) is 0 Å². The molecule has 1 unspecified atom stereocenters. The highest BCUT2D eigenvalue weighted by Gasteiger charge is 2.10. The summed E-state index contributed by atoms with van der Waals surface area (Å²) >= 11 is 0. The van der Waals surface area contributed by atoms with Crippen molar-refractivity contribution >= 4 is 5.91 Å². The van der Waals surface area contributed by atoms with Crippen molar-refractivity contribution < 1.29 is 14.6 Å². The third-order valence-corrected chi connectivity index (χ3v) is 3.30. The lowest BCUT2D eigenvalue weighted by atomic mass is 10.1. The van der Waals surface area contributed by atoms with Gasteiger partial charge in [0.15, 0.2) is 0 Å². The predicted octanol–water partition coefficient (Wildman–Crippen LogP) is 2.47. The smallest absolute Gasteiger partial charge is 0.251 e. The molecule has 1 amide bonds. The summed E-state index contributed by atoms with van der Waals surface area (Å²) in [5, 5.41) is 12.6. The zero-order valence-corrected chi connectivity index (χ0v) is 12.9. The molecule has 0 radical (unpaired) electrons. The standard InChI is InChI=1S/C18H21NO3/c1-13-6-5-8-15(10-13)18(21)19-11-16(20)12-22-17-9-4-3-7-14(17)2/h3-10,16,20H,11-12H2,1-2H3,(H,19,21). The number of para-hydroxylation sites is 1. The van der Waals surface area contributed by atoms with Crippen LogP contribution < -0.4 is 10.1 Å². The number of benzene rings is 2. The topological polar surface area (TPSA) is 58.6 Å². The molecule has 2 rings (SSSR count). The largest absolute Gasteiger partial charge is 0.491 e. The molecular weight excluding hydrogens is 278 g/mol. The Morgan fingerprint density at radius 2 is 1.95 bits per heavy atom.